The van der Waals surface area contributed by atoms with Gasteiger partial charge in [-0.05, 0) is 30.3 Å². The van der Waals surface area contributed by atoms with E-state index in [1.54, 1.807) is 36.4 Å². The SMILES string of the molecule is O=Cc1coc2ccc(Cl)cc2c1=O.O=Cc1coc2ccccc2c1=O. The fraction of sp³-hybridized carbons (Fsp3) is 0. The first kappa shape index (κ1) is 18.3. The maximum Gasteiger partial charge on any atom is 0.203 e. The second kappa shape index (κ2) is 7.80. The molecule has 6 nitrogen and oxygen atoms in total. The van der Waals surface area contributed by atoms with Crippen LogP contribution in [0.4, 0.5) is 0 Å². The number of halogens is 1. The summed E-state index contributed by atoms with van der Waals surface area (Å²) in [6.45, 7) is 0. The highest BCUT2D eigenvalue weighted by Crippen LogP contribution is 2.16. The van der Waals surface area contributed by atoms with Crippen LogP contribution < -0.4 is 10.9 Å². The molecule has 2 heterocycles. The maximum atomic E-state index is 11.6. The molecular formula is C20H11ClO6. The Balaban J connectivity index is 0.000000156. The number of carbonyl (C=O) groups is 2. The number of hydrogen-bond acceptors (Lipinski definition) is 6. The topological polar surface area (TPSA) is 94.6 Å². The zero-order valence-electron chi connectivity index (χ0n) is 13.7. The summed E-state index contributed by atoms with van der Waals surface area (Å²) in [5.41, 5.74) is 0.335. The molecule has 0 spiro atoms. The van der Waals surface area contributed by atoms with Crippen LogP contribution in [0.2, 0.25) is 5.02 Å². The van der Waals surface area contributed by atoms with Gasteiger partial charge < -0.3 is 8.83 Å². The Bertz CT molecular complexity index is 1270. The number of hydrogen-bond donors (Lipinski definition) is 0. The van der Waals surface area contributed by atoms with Crippen molar-refractivity contribution in [3.8, 4) is 0 Å². The zero-order valence-corrected chi connectivity index (χ0v) is 14.4. The highest BCUT2D eigenvalue weighted by Gasteiger charge is 2.06. The van der Waals surface area contributed by atoms with Crippen LogP contribution in [-0.4, -0.2) is 12.6 Å². The summed E-state index contributed by atoms with van der Waals surface area (Å²) in [6, 6.07) is 11.5. The molecule has 0 saturated heterocycles. The highest BCUT2D eigenvalue weighted by molar-refractivity contribution is 6.31. The predicted octanol–water partition coefficient (Wildman–Crippen LogP) is 3.86. The third-order valence-electron chi connectivity index (χ3n) is 3.72. The molecule has 0 N–H and O–H groups in total. The van der Waals surface area contributed by atoms with Crippen LogP contribution in [0, 0.1) is 0 Å². The lowest BCUT2D eigenvalue weighted by atomic mass is 10.2. The van der Waals surface area contributed by atoms with Crippen LogP contribution in [0.1, 0.15) is 20.7 Å². The molecule has 134 valence electrons. The summed E-state index contributed by atoms with van der Waals surface area (Å²) in [6.07, 6.45) is 3.29. The molecule has 0 unspecified atom stereocenters. The third kappa shape index (κ3) is 3.70. The average Bonchev–Trinajstić information content (AvgIpc) is 2.70. The van der Waals surface area contributed by atoms with Crippen molar-refractivity contribution in [2.45, 2.75) is 0 Å². The lowest BCUT2D eigenvalue weighted by Gasteiger charge is -1.97. The van der Waals surface area contributed by atoms with Gasteiger partial charge in [0.2, 0.25) is 10.9 Å². The quantitative estimate of drug-likeness (QED) is 0.488. The molecule has 0 aliphatic carbocycles. The van der Waals surface area contributed by atoms with Crippen LogP contribution in [0.5, 0.6) is 0 Å². The Kier molecular flexibility index (Phi) is 5.28. The summed E-state index contributed by atoms with van der Waals surface area (Å²) >= 11 is 5.72. The van der Waals surface area contributed by atoms with Crippen LogP contribution in [0.25, 0.3) is 21.9 Å². The number of para-hydroxylation sites is 1. The van der Waals surface area contributed by atoms with Gasteiger partial charge in [0.1, 0.15) is 23.7 Å². The Morgan fingerprint density at radius 2 is 1.30 bits per heavy atom. The summed E-state index contributed by atoms with van der Waals surface area (Å²) in [5.74, 6) is 0. The fourth-order valence-electron chi connectivity index (χ4n) is 2.37. The molecule has 0 fully saturated rings. The van der Waals surface area contributed by atoms with Gasteiger partial charge in [0.15, 0.2) is 12.6 Å². The molecule has 0 atom stereocenters. The van der Waals surface area contributed by atoms with Gasteiger partial charge in [-0.1, -0.05) is 23.7 Å². The van der Waals surface area contributed by atoms with Crippen molar-refractivity contribution in [3.63, 3.8) is 0 Å². The van der Waals surface area contributed by atoms with E-state index in [0.717, 1.165) is 6.26 Å². The van der Waals surface area contributed by atoms with E-state index in [2.05, 4.69) is 0 Å². The largest absolute Gasteiger partial charge is 0.463 e. The summed E-state index contributed by atoms with van der Waals surface area (Å²) in [4.78, 5) is 43.9. The monoisotopic (exact) mass is 382 g/mol. The van der Waals surface area contributed by atoms with E-state index in [4.69, 9.17) is 20.4 Å². The summed E-state index contributed by atoms with van der Waals surface area (Å²) < 4.78 is 10.2. The van der Waals surface area contributed by atoms with E-state index in [1.807, 2.05) is 0 Å². The van der Waals surface area contributed by atoms with Crippen molar-refractivity contribution >= 4 is 46.1 Å². The number of carbonyl (C=O) groups excluding carboxylic acids is 2. The van der Waals surface area contributed by atoms with E-state index in [1.165, 1.54) is 12.3 Å². The minimum atomic E-state index is -0.358. The van der Waals surface area contributed by atoms with Crippen molar-refractivity contribution in [1.29, 1.82) is 0 Å². The Labute approximate surface area is 156 Å². The standard InChI is InChI=1S/C10H5ClO3.C10H6O3/c11-7-1-2-9-8(3-7)10(13)6(4-12)5-14-9;11-5-7-6-13-9-4-2-1-3-8(9)10(7)12/h1-5H;1-6H. The molecule has 0 bridgehead atoms. The first-order chi connectivity index (χ1) is 13.0. The molecule has 0 radical (unpaired) electrons. The molecule has 0 saturated carbocycles. The minimum absolute atomic E-state index is 0.000216. The Morgan fingerprint density at radius 3 is 1.93 bits per heavy atom. The van der Waals surface area contributed by atoms with Crippen molar-refractivity contribution in [2.24, 2.45) is 0 Å². The van der Waals surface area contributed by atoms with E-state index >= 15 is 0 Å². The molecule has 2 aromatic heterocycles. The lowest BCUT2D eigenvalue weighted by molar-refractivity contribution is 0.111. The maximum absolute atomic E-state index is 11.6. The van der Waals surface area contributed by atoms with Crippen LogP contribution >= 0.6 is 11.6 Å². The first-order valence-corrected chi connectivity index (χ1v) is 8.05. The average molecular weight is 383 g/mol. The zero-order chi connectivity index (χ0) is 19.4. The third-order valence-corrected chi connectivity index (χ3v) is 3.96. The molecule has 0 aliphatic rings. The number of fused-ring (bicyclic) bond motifs is 2. The molecule has 27 heavy (non-hydrogen) atoms. The molecular weight excluding hydrogens is 372 g/mol. The highest BCUT2D eigenvalue weighted by atomic mass is 35.5. The predicted molar refractivity (Wildman–Crippen MR) is 101 cm³/mol. The minimum Gasteiger partial charge on any atom is -0.463 e. The second-order valence-corrected chi connectivity index (χ2v) is 5.85. The van der Waals surface area contributed by atoms with E-state index in [9.17, 15) is 19.2 Å². The number of benzene rings is 2. The van der Waals surface area contributed by atoms with Crippen molar-refractivity contribution in [2.75, 3.05) is 0 Å². The molecule has 4 rings (SSSR count). The summed E-state index contributed by atoms with van der Waals surface area (Å²) in [7, 11) is 0. The molecule has 0 aliphatic heterocycles. The van der Waals surface area contributed by atoms with Gasteiger partial charge >= 0.3 is 0 Å². The summed E-state index contributed by atoms with van der Waals surface area (Å²) in [5, 5.41) is 1.20. The molecule has 7 heteroatoms. The smallest absolute Gasteiger partial charge is 0.203 e. The van der Waals surface area contributed by atoms with Crippen LogP contribution in [0.15, 0.2) is 73.4 Å². The van der Waals surface area contributed by atoms with Crippen molar-refractivity contribution in [3.05, 3.63) is 91.6 Å². The second-order valence-electron chi connectivity index (χ2n) is 5.41. The van der Waals surface area contributed by atoms with E-state index in [0.29, 0.717) is 39.5 Å². The Morgan fingerprint density at radius 1 is 0.741 bits per heavy atom. The van der Waals surface area contributed by atoms with Crippen molar-refractivity contribution in [1.82, 2.24) is 0 Å². The van der Waals surface area contributed by atoms with E-state index < -0.39 is 0 Å². The lowest BCUT2D eigenvalue weighted by Crippen LogP contribution is -2.07. The van der Waals surface area contributed by atoms with Gasteiger partial charge in [-0.2, -0.15) is 0 Å². The van der Waals surface area contributed by atoms with Gasteiger partial charge in [-0.3, -0.25) is 19.2 Å². The van der Waals surface area contributed by atoms with Gasteiger partial charge in [0, 0.05) is 5.02 Å². The van der Waals surface area contributed by atoms with Crippen molar-refractivity contribution < 1.29 is 18.4 Å². The molecule has 2 aromatic carbocycles. The molecule has 0 amide bonds. The number of rotatable bonds is 2. The van der Waals surface area contributed by atoms with Gasteiger partial charge in [0.05, 0.1) is 21.9 Å². The normalized spacial score (nSPS) is 10.3. The molecule has 4 aromatic rings. The van der Waals surface area contributed by atoms with Gasteiger partial charge in [-0.15, -0.1) is 0 Å². The van der Waals surface area contributed by atoms with Crippen LogP contribution in [0.3, 0.4) is 0 Å². The Hall–Kier alpha value is -3.51. The van der Waals surface area contributed by atoms with Gasteiger partial charge in [0.25, 0.3) is 0 Å². The fourth-order valence-corrected chi connectivity index (χ4v) is 2.55. The van der Waals surface area contributed by atoms with Crippen LogP contribution in [-0.2, 0) is 0 Å². The first-order valence-electron chi connectivity index (χ1n) is 7.67. The van der Waals surface area contributed by atoms with E-state index in [-0.39, 0.29) is 22.0 Å². The van der Waals surface area contributed by atoms with Gasteiger partial charge in [-0.25, -0.2) is 0 Å². The number of aldehydes is 2.